The zero-order valence-electron chi connectivity index (χ0n) is 12.8. The van der Waals surface area contributed by atoms with Crippen LogP contribution in [0.3, 0.4) is 0 Å². The van der Waals surface area contributed by atoms with E-state index in [1.165, 1.54) is 5.56 Å². The summed E-state index contributed by atoms with van der Waals surface area (Å²) < 4.78 is 5.28. The average Bonchev–Trinajstić information content (AvgIpc) is 2.95. The molecule has 0 saturated carbocycles. The molecule has 6 heteroatoms. The molecule has 1 aromatic carbocycles. The second-order valence-electron chi connectivity index (χ2n) is 5.60. The highest BCUT2D eigenvalue weighted by Crippen LogP contribution is 2.25. The fourth-order valence-corrected chi connectivity index (χ4v) is 3.03. The lowest BCUT2D eigenvalue weighted by molar-refractivity contribution is 0.148. The van der Waals surface area contributed by atoms with Gasteiger partial charge in [-0.05, 0) is 24.1 Å². The molecule has 1 aromatic heterocycles. The van der Waals surface area contributed by atoms with E-state index in [0.717, 1.165) is 49.2 Å². The highest BCUT2D eigenvalue weighted by Gasteiger charge is 2.25. The fraction of sp³-hybridized carbons (Fsp3) is 0.500. The Morgan fingerprint density at radius 2 is 2.36 bits per heavy atom. The van der Waals surface area contributed by atoms with Crippen molar-refractivity contribution in [1.82, 2.24) is 20.4 Å². The molecule has 1 aliphatic rings. The van der Waals surface area contributed by atoms with Gasteiger partial charge in [-0.15, -0.1) is 0 Å². The molecule has 0 amide bonds. The van der Waals surface area contributed by atoms with E-state index in [0.29, 0.717) is 6.54 Å². The Bertz CT molecular complexity index is 616. The van der Waals surface area contributed by atoms with E-state index in [4.69, 9.17) is 16.1 Å². The summed E-state index contributed by atoms with van der Waals surface area (Å²) in [5, 5.41) is 8.32. The maximum absolute atomic E-state index is 6.13. The van der Waals surface area contributed by atoms with Crippen molar-refractivity contribution in [2.24, 2.45) is 0 Å². The number of halogens is 1. The minimum absolute atomic E-state index is 0.278. The largest absolute Gasteiger partial charge is 0.339 e. The first-order valence-electron chi connectivity index (χ1n) is 7.78. The molecular formula is C16H21ClN4O. The van der Waals surface area contributed by atoms with Crippen molar-refractivity contribution in [3.05, 3.63) is 46.6 Å². The Morgan fingerprint density at radius 3 is 3.18 bits per heavy atom. The van der Waals surface area contributed by atoms with Gasteiger partial charge in [0.2, 0.25) is 5.89 Å². The molecule has 0 spiro atoms. The lowest BCUT2D eigenvalue weighted by atomic mass is 10.0. The van der Waals surface area contributed by atoms with E-state index < -0.39 is 0 Å². The van der Waals surface area contributed by atoms with Crippen LogP contribution < -0.4 is 5.32 Å². The van der Waals surface area contributed by atoms with Crippen molar-refractivity contribution >= 4 is 11.6 Å². The van der Waals surface area contributed by atoms with Crippen LogP contribution in [0.4, 0.5) is 0 Å². The maximum atomic E-state index is 6.13. The SMILES string of the molecule is CCCc1nc(CN2CCNCC2c2cccc(Cl)c2)no1. The van der Waals surface area contributed by atoms with Gasteiger partial charge in [-0.25, -0.2) is 0 Å². The second kappa shape index (κ2) is 7.22. The van der Waals surface area contributed by atoms with Crippen LogP contribution in [0, 0.1) is 0 Å². The minimum Gasteiger partial charge on any atom is -0.339 e. The first kappa shape index (κ1) is 15.5. The number of nitrogens with zero attached hydrogens (tertiary/aromatic N) is 3. The molecule has 118 valence electrons. The Labute approximate surface area is 135 Å². The van der Waals surface area contributed by atoms with E-state index in [1.54, 1.807) is 0 Å². The van der Waals surface area contributed by atoms with Gasteiger partial charge in [0.15, 0.2) is 5.82 Å². The van der Waals surface area contributed by atoms with Crippen molar-refractivity contribution in [3.8, 4) is 0 Å². The van der Waals surface area contributed by atoms with E-state index in [-0.39, 0.29) is 6.04 Å². The van der Waals surface area contributed by atoms with E-state index in [9.17, 15) is 0 Å². The Kier molecular flexibility index (Phi) is 5.08. The fourth-order valence-electron chi connectivity index (χ4n) is 2.83. The predicted molar refractivity (Wildman–Crippen MR) is 85.8 cm³/mol. The molecule has 1 saturated heterocycles. The standard InChI is InChI=1S/C16H21ClN4O/c1-2-4-16-19-15(20-22-16)11-21-8-7-18-10-14(21)12-5-3-6-13(17)9-12/h3,5-6,9,14,18H,2,4,7-8,10-11H2,1H3. The van der Waals surface area contributed by atoms with Crippen LogP contribution in [0.1, 0.15) is 36.7 Å². The van der Waals surface area contributed by atoms with Gasteiger partial charge in [0.25, 0.3) is 0 Å². The number of nitrogens with one attached hydrogen (secondary N) is 1. The third kappa shape index (κ3) is 3.66. The van der Waals surface area contributed by atoms with Crippen LogP contribution in [-0.2, 0) is 13.0 Å². The summed E-state index contributed by atoms with van der Waals surface area (Å²) in [5.74, 6) is 1.49. The van der Waals surface area contributed by atoms with Gasteiger partial charge in [-0.3, -0.25) is 4.90 Å². The topological polar surface area (TPSA) is 54.2 Å². The highest BCUT2D eigenvalue weighted by atomic mass is 35.5. The van der Waals surface area contributed by atoms with E-state index in [1.807, 2.05) is 18.2 Å². The minimum atomic E-state index is 0.278. The molecule has 0 aliphatic carbocycles. The molecule has 0 radical (unpaired) electrons. The Balaban J connectivity index is 1.74. The number of hydrogen-bond acceptors (Lipinski definition) is 5. The molecule has 1 atom stereocenters. The molecule has 3 rings (SSSR count). The van der Waals surface area contributed by atoms with Gasteiger partial charge in [0.1, 0.15) is 0 Å². The zero-order valence-corrected chi connectivity index (χ0v) is 13.5. The molecule has 22 heavy (non-hydrogen) atoms. The van der Waals surface area contributed by atoms with Crippen molar-refractivity contribution < 1.29 is 4.52 Å². The quantitative estimate of drug-likeness (QED) is 0.918. The zero-order chi connectivity index (χ0) is 15.4. The van der Waals surface area contributed by atoms with Crippen LogP contribution in [0.15, 0.2) is 28.8 Å². The number of piperazine rings is 1. The van der Waals surface area contributed by atoms with Gasteiger partial charge in [-0.1, -0.05) is 35.8 Å². The van der Waals surface area contributed by atoms with Crippen LogP contribution in [0.25, 0.3) is 0 Å². The Hall–Kier alpha value is -1.43. The molecular weight excluding hydrogens is 300 g/mol. The van der Waals surface area contributed by atoms with Crippen molar-refractivity contribution in [1.29, 1.82) is 0 Å². The number of hydrogen-bond donors (Lipinski definition) is 1. The predicted octanol–water partition coefficient (Wildman–Crippen LogP) is 2.82. The van der Waals surface area contributed by atoms with E-state index in [2.05, 4.69) is 33.3 Å². The van der Waals surface area contributed by atoms with Crippen LogP contribution in [0.2, 0.25) is 5.02 Å². The maximum Gasteiger partial charge on any atom is 0.226 e. The van der Waals surface area contributed by atoms with Gasteiger partial charge in [-0.2, -0.15) is 4.98 Å². The smallest absolute Gasteiger partial charge is 0.226 e. The molecule has 5 nitrogen and oxygen atoms in total. The second-order valence-corrected chi connectivity index (χ2v) is 6.04. The molecule has 0 bridgehead atoms. The molecule has 1 unspecified atom stereocenters. The number of rotatable bonds is 5. The van der Waals surface area contributed by atoms with Crippen LogP contribution >= 0.6 is 11.6 Å². The molecule has 1 fully saturated rings. The normalized spacial score (nSPS) is 19.5. The van der Waals surface area contributed by atoms with Gasteiger partial charge < -0.3 is 9.84 Å². The first-order chi connectivity index (χ1) is 10.8. The van der Waals surface area contributed by atoms with Gasteiger partial charge >= 0.3 is 0 Å². The monoisotopic (exact) mass is 320 g/mol. The van der Waals surface area contributed by atoms with Crippen molar-refractivity contribution in [2.75, 3.05) is 19.6 Å². The van der Waals surface area contributed by atoms with Gasteiger partial charge in [0, 0.05) is 37.1 Å². The summed E-state index contributed by atoms with van der Waals surface area (Å²) in [6, 6.07) is 8.33. The third-order valence-electron chi connectivity index (χ3n) is 3.91. The molecule has 2 aromatic rings. The molecule has 1 aliphatic heterocycles. The number of benzene rings is 1. The summed E-state index contributed by atoms with van der Waals surface area (Å²) in [6.07, 6.45) is 1.85. The third-order valence-corrected chi connectivity index (χ3v) is 4.14. The van der Waals surface area contributed by atoms with E-state index >= 15 is 0 Å². The summed E-state index contributed by atoms with van der Waals surface area (Å²) in [6.45, 7) is 5.63. The highest BCUT2D eigenvalue weighted by molar-refractivity contribution is 6.30. The van der Waals surface area contributed by atoms with Gasteiger partial charge in [0.05, 0.1) is 6.54 Å². The lowest BCUT2D eigenvalue weighted by Crippen LogP contribution is -2.45. The Morgan fingerprint density at radius 1 is 1.45 bits per heavy atom. The number of aryl methyl sites for hydroxylation is 1. The van der Waals surface area contributed by atoms with Crippen LogP contribution in [0.5, 0.6) is 0 Å². The summed E-state index contributed by atoms with van der Waals surface area (Å²) in [4.78, 5) is 6.85. The molecule has 2 heterocycles. The number of aromatic nitrogens is 2. The average molecular weight is 321 g/mol. The molecule has 1 N–H and O–H groups in total. The first-order valence-corrected chi connectivity index (χ1v) is 8.15. The summed E-state index contributed by atoms with van der Waals surface area (Å²) >= 11 is 6.13. The lowest BCUT2D eigenvalue weighted by Gasteiger charge is -2.35. The van der Waals surface area contributed by atoms with Crippen molar-refractivity contribution in [3.63, 3.8) is 0 Å². The van der Waals surface area contributed by atoms with Crippen molar-refractivity contribution in [2.45, 2.75) is 32.4 Å². The summed E-state index contributed by atoms with van der Waals surface area (Å²) in [7, 11) is 0. The summed E-state index contributed by atoms with van der Waals surface area (Å²) in [5.41, 5.74) is 1.22. The van der Waals surface area contributed by atoms with Crippen LogP contribution in [-0.4, -0.2) is 34.7 Å².